The van der Waals surface area contributed by atoms with E-state index in [2.05, 4.69) is 0 Å². The van der Waals surface area contributed by atoms with Crippen molar-refractivity contribution in [3.8, 4) is 0 Å². The maximum atomic E-state index is 13.6. The molecule has 1 N–H and O–H groups in total. The number of hydrogen-bond donors (Lipinski definition) is 1. The lowest BCUT2D eigenvalue weighted by atomic mass is 9.95. The van der Waals surface area contributed by atoms with Crippen molar-refractivity contribution in [1.29, 1.82) is 5.41 Å². The number of esters is 4. The van der Waals surface area contributed by atoms with Gasteiger partial charge in [-0.25, -0.2) is 4.79 Å². The summed E-state index contributed by atoms with van der Waals surface area (Å²) in [5, 5.41) is 8.30. The fourth-order valence-electron chi connectivity index (χ4n) is 5.88. The molecule has 0 amide bonds. The third kappa shape index (κ3) is 9.71. The van der Waals surface area contributed by atoms with E-state index in [1.54, 1.807) is 42.5 Å². The van der Waals surface area contributed by atoms with Gasteiger partial charge >= 0.3 is 23.9 Å². The van der Waals surface area contributed by atoms with Gasteiger partial charge in [-0.15, -0.1) is 0 Å². The zero-order valence-electron chi connectivity index (χ0n) is 28.2. The van der Waals surface area contributed by atoms with E-state index in [-0.39, 0.29) is 12.2 Å². The molecule has 18 heteroatoms. The molecule has 0 aliphatic carbocycles. The van der Waals surface area contributed by atoms with Gasteiger partial charge in [0, 0.05) is 26.3 Å². The molecule has 3 aliphatic rings. The summed E-state index contributed by atoms with van der Waals surface area (Å²) in [6, 6.07) is 16.9. The fourth-order valence-corrected chi connectivity index (χ4v) is 6.02. The van der Waals surface area contributed by atoms with Crippen LogP contribution in [0.5, 0.6) is 0 Å². The molecule has 2 aromatic rings. The summed E-state index contributed by atoms with van der Waals surface area (Å²) >= 11 is 17.9. The molecule has 3 aliphatic heterocycles. The van der Waals surface area contributed by atoms with E-state index in [1.807, 2.05) is 6.07 Å². The van der Waals surface area contributed by atoms with Crippen LogP contribution in [0.15, 0.2) is 60.7 Å². The summed E-state index contributed by atoms with van der Waals surface area (Å²) in [6.45, 7) is 4.78. The van der Waals surface area contributed by atoms with Gasteiger partial charge in [-0.1, -0.05) is 83.3 Å². The van der Waals surface area contributed by atoms with Crippen molar-refractivity contribution in [2.24, 2.45) is 0 Å². The van der Waals surface area contributed by atoms with Crippen LogP contribution in [-0.2, 0) is 61.8 Å². The maximum Gasteiger partial charge on any atom is 0.338 e. The van der Waals surface area contributed by atoms with E-state index in [0.29, 0.717) is 5.56 Å². The number of rotatable bonds is 9. The normalized spacial score (nSPS) is 31.6. The Morgan fingerprint density at radius 3 is 1.85 bits per heavy atom. The van der Waals surface area contributed by atoms with Crippen molar-refractivity contribution in [3.63, 3.8) is 0 Å². The molecule has 5 rings (SSSR count). The van der Waals surface area contributed by atoms with Crippen molar-refractivity contribution in [2.75, 3.05) is 6.61 Å². The van der Waals surface area contributed by atoms with Crippen molar-refractivity contribution in [1.82, 2.24) is 0 Å². The second-order valence-electron chi connectivity index (χ2n) is 11.9. The standard InChI is InChI=1S/C34H36Cl3NO14/c1-16-23(45-17(2)39)25(46-18(3)40)27(47-19(4)41)31(44-16)51-26-24-22(15-43-30(50-24)21-13-9-6-10-14-21)48-32(52-33(38)34(35,36)37)28(26)49-29(42)20-11-7-5-8-12-20/h5-14,16,22-28,30-32,38H,15H2,1-4H3/t16-,22+,23-,24+,25+,26-,27+,28+,30?,31-,32-/m0/s1. The van der Waals surface area contributed by atoms with E-state index in [9.17, 15) is 19.2 Å². The van der Waals surface area contributed by atoms with Crippen molar-refractivity contribution in [2.45, 2.75) is 99.2 Å². The van der Waals surface area contributed by atoms with Crippen LogP contribution in [0.1, 0.15) is 49.9 Å². The molecule has 0 bridgehead atoms. The van der Waals surface area contributed by atoms with E-state index < -0.39 is 101 Å². The Hall–Kier alpha value is -3.54. The Bertz CT molecular complexity index is 1590. The summed E-state index contributed by atoms with van der Waals surface area (Å²) in [5.74, 6) is -4.07. The summed E-state index contributed by atoms with van der Waals surface area (Å²) < 4.78 is 57.1. The zero-order chi connectivity index (χ0) is 37.7. The highest BCUT2D eigenvalue weighted by atomic mass is 35.6. The number of carbonyl (C=O) groups excluding carboxylic acids is 4. The lowest BCUT2D eigenvalue weighted by molar-refractivity contribution is -0.384. The number of fused-ring (bicyclic) bond motifs is 1. The SMILES string of the molecule is CC(=O)O[C@@H]1[C@@H](OC(C)=O)[C@H](C)O[C@@H](O[C@@H]2[C@@H](OC(=O)c3ccccc3)[C@H](OC(=N)C(Cl)(Cl)Cl)O[C@@H]3COC(c4ccccc4)O[C@@H]23)[C@@H]1OC(C)=O. The topological polar surface area (TPSA) is 184 Å². The molecule has 0 radical (unpaired) electrons. The largest absolute Gasteiger partial charge is 0.456 e. The number of benzene rings is 2. The molecule has 11 atom stereocenters. The highest BCUT2D eigenvalue weighted by molar-refractivity contribution is 6.76. The van der Waals surface area contributed by atoms with Gasteiger partial charge in [0.25, 0.3) is 3.79 Å². The van der Waals surface area contributed by atoms with Crippen LogP contribution in [0, 0.1) is 5.41 Å². The quantitative estimate of drug-likeness (QED) is 0.124. The fraction of sp³-hybridized carbons (Fsp3) is 0.500. The van der Waals surface area contributed by atoms with Gasteiger partial charge in [-0.2, -0.15) is 0 Å². The first-order valence-corrected chi connectivity index (χ1v) is 17.1. The zero-order valence-corrected chi connectivity index (χ0v) is 30.4. The van der Waals surface area contributed by atoms with Gasteiger partial charge in [-0.3, -0.25) is 19.8 Å². The first-order valence-electron chi connectivity index (χ1n) is 16.0. The summed E-state index contributed by atoms with van der Waals surface area (Å²) in [7, 11) is 0. The minimum absolute atomic E-state index is 0.121. The van der Waals surface area contributed by atoms with Crippen LogP contribution >= 0.6 is 34.8 Å². The molecule has 3 heterocycles. The molecule has 1 unspecified atom stereocenters. The number of halogens is 3. The average Bonchev–Trinajstić information content (AvgIpc) is 3.09. The molecule has 0 aromatic heterocycles. The summed E-state index contributed by atoms with van der Waals surface area (Å²) in [5.41, 5.74) is 0.765. The van der Waals surface area contributed by atoms with Gasteiger partial charge < -0.3 is 47.4 Å². The van der Waals surface area contributed by atoms with Gasteiger partial charge in [0.05, 0.1) is 18.3 Å². The Labute approximate surface area is 313 Å². The third-order valence-electron chi connectivity index (χ3n) is 8.02. The minimum atomic E-state index is -2.35. The molecule has 52 heavy (non-hydrogen) atoms. The van der Waals surface area contributed by atoms with Crippen LogP contribution in [0.25, 0.3) is 0 Å². The second-order valence-corrected chi connectivity index (χ2v) is 14.2. The van der Waals surface area contributed by atoms with E-state index in [0.717, 1.165) is 20.8 Å². The lowest BCUT2D eigenvalue weighted by Crippen LogP contribution is -2.67. The van der Waals surface area contributed by atoms with Gasteiger partial charge in [0.1, 0.15) is 18.3 Å². The molecule has 3 saturated heterocycles. The minimum Gasteiger partial charge on any atom is -0.456 e. The summed E-state index contributed by atoms with van der Waals surface area (Å²) in [4.78, 5) is 50.5. The van der Waals surface area contributed by atoms with Gasteiger partial charge in [0.15, 0.2) is 37.0 Å². The van der Waals surface area contributed by atoms with Gasteiger partial charge in [-0.05, 0) is 19.1 Å². The molecular weight excluding hydrogens is 753 g/mol. The lowest BCUT2D eigenvalue weighted by Gasteiger charge is -2.50. The highest BCUT2D eigenvalue weighted by Gasteiger charge is 2.58. The molecule has 3 fully saturated rings. The van der Waals surface area contributed by atoms with Crippen molar-refractivity contribution in [3.05, 3.63) is 71.8 Å². The smallest absolute Gasteiger partial charge is 0.338 e. The molecule has 282 valence electrons. The van der Waals surface area contributed by atoms with Crippen molar-refractivity contribution < 1.29 is 66.5 Å². The van der Waals surface area contributed by atoms with E-state index >= 15 is 0 Å². The van der Waals surface area contributed by atoms with Crippen molar-refractivity contribution >= 4 is 64.6 Å². The number of carbonyl (C=O) groups is 4. The van der Waals surface area contributed by atoms with Gasteiger partial charge in [0.2, 0.25) is 12.2 Å². The van der Waals surface area contributed by atoms with E-state index in [1.165, 1.54) is 19.1 Å². The molecular formula is C34H36Cl3NO14. The first kappa shape index (κ1) is 39.7. The molecule has 2 aromatic carbocycles. The number of hydrogen-bond acceptors (Lipinski definition) is 15. The van der Waals surface area contributed by atoms with Crippen LogP contribution < -0.4 is 0 Å². The van der Waals surface area contributed by atoms with Crippen LogP contribution in [0.2, 0.25) is 0 Å². The number of alkyl halides is 3. The van der Waals surface area contributed by atoms with Crippen LogP contribution in [0.3, 0.4) is 0 Å². The maximum absolute atomic E-state index is 13.6. The monoisotopic (exact) mass is 787 g/mol. The predicted octanol–water partition coefficient (Wildman–Crippen LogP) is 4.34. The number of ether oxygens (including phenoxy) is 10. The molecule has 0 saturated carbocycles. The predicted molar refractivity (Wildman–Crippen MR) is 179 cm³/mol. The van der Waals surface area contributed by atoms with E-state index in [4.69, 9.17) is 87.6 Å². The summed E-state index contributed by atoms with van der Waals surface area (Å²) in [6.07, 6.45) is -14.6. The average molecular weight is 789 g/mol. The third-order valence-corrected chi connectivity index (χ3v) is 8.54. The Morgan fingerprint density at radius 2 is 1.25 bits per heavy atom. The Balaban J connectivity index is 1.59. The molecule has 0 spiro atoms. The van der Waals surface area contributed by atoms with Crippen LogP contribution in [0.4, 0.5) is 0 Å². The molecule has 15 nitrogen and oxygen atoms in total. The first-order chi connectivity index (χ1) is 24.6. The number of nitrogens with one attached hydrogen (secondary N) is 1. The van der Waals surface area contributed by atoms with Crippen LogP contribution in [-0.4, -0.2) is 102 Å². The Kier molecular flexibility index (Phi) is 13.0. The highest BCUT2D eigenvalue weighted by Crippen LogP contribution is 2.40. The Morgan fingerprint density at radius 1 is 0.692 bits per heavy atom. The second kappa shape index (κ2) is 17.1.